The largest absolute Gasteiger partial charge is 0.409 e. The van der Waals surface area contributed by atoms with Gasteiger partial charge in [-0.3, -0.25) is 4.79 Å². The van der Waals surface area contributed by atoms with Crippen LogP contribution in [-0.2, 0) is 0 Å². The Morgan fingerprint density at radius 1 is 1.36 bits per heavy atom. The van der Waals surface area contributed by atoms with Gasteiger partial charge in [-0.15, -0.1) is 11.3 Å². The minimum Gasteiger partial charge on any atom is -0.409 e. The number of nitrogens with zero attached hydrogens (tertiary/aromatic N) is 2. The van der Waals surface area contributed by atoms with Crippen LogP contribution in [0.1, 0.15) is 28.1 Å². The number of amidine groups is 1. The highest BCUT2D eigenvalue weighted by Gasteiger charge is 2.34. The fourth-order valence-electron chi connectivity index (χ4n) is 3.99. The molecule has 1 atom stereocenters. The maximum atomic E-state index is 12.5. The Labute approximate surface area is 150 Å². The van der Waals surface area contributed by atoms with Crippen LogP contribution in [0.25, 0.3) is 10.1 Å². The number of fused-ring (bicyclic) bond motifs is 4. The van der Waals surface area contributed by atoms with Gasteiger partial charge in [-0.1, -0.05) is 17.3 Å². The van der Waals surface area contributed by atoms with Crippen molar-refractivity contribution >= 4 is 33.2 Å². The van der Waals surface area contributed by atoms with Gasteiger partial charge >= 0.3 is 0 Å². The minimum absolute atomic E-state index is 0.0111. The molecule has 3 aliphatic heterocycles. The Bertz CT molecular complexity index is 824. The van der Waals surface area contributed by atoms with Crippen LogP contribution in [0, 0.1) is 11.8 Å². The van der Waals surface area contributed by atoms with E-state index in [0.29, 0.717) is 16.4 Å². The Kier molecular flexibility index (Phi) is 4.35. The number of thiophene rings is 1. The highest BCUT2D eigenvalue weighted by atomic mass is 32.1. The van der Waals surface area contributed by atoms with Crippen molar-refractivity contribution in [3.8, 4) is 0 Å². The van der Waals surface area contributed by atoms with Crippen LogP contribution in [0.4, 0.5) is 0 Å². The maximum absolute atomic E-state index is 12.5. The van der Waals surface area contributed by atoms with E-state index in [9.17, 15) is 4.79 Å². The van der Waals surface area contributed by atoms with E-state index in [1.165, 1.54) is 37.3 Å². The van der Waals surface area contributed by atoms with Crippen LogP contribution in [0.3, 0.4) is 0 Å². The van der Waals surface area contributed by atoms with Gasteiger partial charge in [0, 0.05) is 23.4 Å². The first-order chi connectivity index (χ1) is 12.1. The standard InChI is InChI=1S/C18H22N4O2S/c19-17(21-24)13-2-1-12-7-16(25-15(12)8-13)18(23)20-9-14-10-22-5-3-11(14)4-6-22/h1-2,7-8,11,14,24H,3-6,9-10H2,(H2,19,21)(H,20,23)/t14-/m0/s1. The van der Waals surface area contributed by atoms with Gasteiger partial charge in [-0.25, -0.2) is 0 Å². The molecule has 4 N–H and O–H groups in total. The Morgan fingerprint density at radius 3 is 2.84 bits per heavy atom. The average molecular weight is 358 g/mol. The van der Waals surface area contributed by atoms with Crippen LogP contribution in [-0.4, -0.2) is 48.0 Å². The summed E-state index contributed by atoms with van der Waals surface area (Å²) in [6, 6.07) is 7.43. The zero-order valence-corrected chi connectivity index (χ0v) is 14.8. The first-order valence-corrected chi connectivity index (χ1v) is 9.48. The third-order valence-electron chi connectivity index (χ3n) is 5.46. The minimum atomic E-state index is -0.0111. The lowest BCUT2D eigenvalue weighted by molar-refractivity contribution is 0.0497. The first-order valence-electron chi connectivity index (χ1n) is 8.66. The number of rotatable bonds is 4. The van der Waals surface area contributed by atoms with Gasteiger partial charge in [0.25, 0.3) is 5.91 Å². The van der Waals surface area contributed by atoms with E-state index in [-0.39, 0.29) is 11.7 Å². The fourth-order valence-corrected chi connectivity index (χ4v) is 5.01. The normalized spacial score (nSPS) is 26.1. The number of nitrogens with two attached hydrogens (primary N) is 1. The first kappa shape index (κ1) is 16.4. The highest BCUT2D eigenvalue weighted by Crippen LogP contribution is 2.32. The third kappa shape index (κ3) is 3.21. The molecule has 1 aromatic heterocycles. The monoisotopic (exact) mass is 358 g/mol. The Morgan fingerprint density at radius 2 is 2.16 bits per heavy atom. The Hall–Kier alpha value is -2.12. The van der Waals surface area contributed by atoms with E-state index in [0.717, 1.165) is 29.1 Å². The van der Waals surface area contributed by atoms with Crippen molar-refractivity contribution in [1.29, 1.82) is 0 Å². The molecule has 132 valence electrons. The van der Waals surface area contributed by atoms with Crippen molar-refractivity contribution in [2.24, 2.45) is 22.7 Å². The van der Waals surface area contributed by atoms with Gasteiger partial charge in [0.05, 0.1) is 4.88 Å². The van der Waals surface area contributed by atoms with E-state index in [1.54, 1.807) is 6.07 Å². The smallest absolute Gasteiger partial charge is 0.261 e. The number of oxime groups is 1. The molecule has 3 aliphatic rings. The molecule has 1 amide bonds. The second kappa shape index (κ2) is 6.65. The molecule has 0 unspecified atom stereocenters. The number of hydrogen-bond acceptors (Lipinski definition) is 5. The van der Waals surface area contributed by atoms with E-state index in [4.69, 9.17) is 10.9 Å². The second-order valence-corrected chi connectivity index (χ2v) is 8.04. The SMILES string of the molecule is N/C(=N\O)c1ccc2cc(C(=O)NC[C@H]3CN4CCC3CC4)sc2c1. The molecule has 4 heterocycles. The number of carbonyl (C=O) groups excluding carboxylic acids is 1. The molecule has 3 fully saturated rings. The van der Waals surface area contributed by atoms with E-state index in [2.05, 4.69) is 15.4 Å². The van der Waals surface area contributed by atoms with Crippen molar-refractivity contribution in [3.05, 3.63) is 34.7 Å². The van der Waals surface area contributed by atoms with Crippen molar-refractivity contribution in [2.75, 3.05) is 26.2 Å². The molecule has 0 spiro atoms. The molecule has 3 saturated heterocycles. The summed E-state index contributed by atoms with van der Waals surface area (Å²) in [6.07, 6.45) is 2.53. The number of piperidine rings is 3. The lowest BCUT2D eigenvalue weighted by atomic mass is 9.79. The summed E-state index contributed by atoms with van der Waals surface area (Å²) >= 11 is 1.43. The predicted molar refractivity (Wildman–Crippen MR) is 99.3 cm³/mol. The predicted octanol–water partition coefficient (Wildman–Crippen LogP) is 2.07. The summed E-state index contributed by atoms with van der Waals surface area (Å²) in [5, 5.41) is 15.9. The number of carbonyl (C=O) groups is 1. The molecule has 0 aliphatic carbocycles. The molecule has 1 aromatic carbocycles. The molecule has 5 rings (SSSR count). The van der Waals surface area contributed by atoms with Gasteiger partial charge < -0.3 is 21.2 Å². The van der Waals surface area contributed by atoms with Gasteiger partial charge in [0.2, 0.25) is 0 Å². The van der Waals surface area contributed by atoms with Crippen LogP contribution >= 0.6 is 11.3 Å². The summed E-state index contributed by atoms with van der Waals surface area (Å²) < 4.78 is 0.956. The molecule has 2 aromatic rings. The van der Waals surface area contributed by atoms with Crippen LogP contribution < -0.4 is 11.1 Å². The lowest BCUT2D eigenvalue weighted by Gasteiger charge is -2.44. The topological polar surface area (TPSA) is 91.0 Å². The third-order valence-corrected chi connectivity index (χ3v) is 6.56. The summed E-state index contributed by atoms with van der Waals surface area (Å²) in [5.74, 6) is 1.40. The molecule has 2 bridgehead atoms. The highest BCUT2D eigenvalue weighted by molar-refractivity contribution is 7.20. The number of hydrogen-bond donors (Lipinski definition) is 3. The van der Waals surface area contributed by atoms with Gasteiger partial charge in [0.15, 0.2) is 5.84 Å². The maximum Gasteiger partial charge on any atom is 0.261 e. The van der Waals surface area contributed by atoms with Gasteiger partial charge in [-0.2, -0.15) is 0 Å². The van der Waals surface area contributed by atoms with Crippen LogP contribution in [0.2, 0.25) is 0 Å². The van der Waals surface area contributed by atoms with Gasteiger partial charge in [-0.05, 0) is 55.3 Å². The fraction of sp³-hybridized carbons (Fsp3) is 0.444. The number of amides is 1. The molecular weight excluding hydrogens is 336 g/mol. The summed E-state index contributed by atoms with van der Waals surface area (Å²) in [7, 11) is 0. The second-order valence-electron chi connectivity index (χ2n) is 6.96. The lowest BCUT2D eigenvalue weighted by Crippen LogP contribution is -2.50. The summed E-state index contributed by atoms with van der Waals surface area (Å²) in [6.45, 7) is 4.30. The molecular formula is C18H22N4O2S. The summed E-state index contributed by atoms with van der Waals surface area (Å²) in [4.78, 5) is 15.7. The van der Waals surface area contributed by atoms with Gasteiger partial charge in [0.1, 0.15) is 0 Å². The molecule has 0 saturated carbocycles. The number of nitrogens with one attached hydrogen (secondary N) is 1. The van der Waals surface area contributed by atoms with Crippen LogP contribution in [0.15, 0.2) is 29.4 Å². The summed E-state index contributed by atoms with van der Waals surface area (Å²) in [5.41, 5.74) is 6.28. The van der Waals surface area contributed by atoms with Crippen molar-refractivity contribution in [1.82, 2.24) is 10.2 Å². The van der Waals surface area contributed by atoms with E-state index in [1.807, 2.05) is 18.2 Å². The number of benzene rings is 1. The quantitative estimate of drug-likeness (QED) is 0.338. The van der Waals surface area contributed by atoms with Crippen LogP contribution in [0.5, 0.6) is 0 Å². The molecule has 6 nitrogen and oxygen atoms in total. The molecule has 0 radical (unpaired) electrons. The molecule has 7 heteroatoms. The van der Waals surface area contributed by atoms with Crippen molar-refractivity contribution < 1.29 is 10.0 Å². The zero-order valence-electron chi connectivity index (χ0n) is 13.9. The molecule has 25 heavy (non-hydrogen) atoms. The Balaban J connectivity index is 1.45. The van der Waals surface area contributed by atoms with E-state index < -0.39 is 0 Å². The van der Waals surface area contributed by atoms with E-state index >= 15 is 0 Å². The van der Waals surface area contributed by atoms with Crippen molar-refractivity contribution in [3.63, 3.8) is 0 Å². The van der Waals surface area contributed by atoms with Crippen molar-refractivity contribution in [2.45, 2.75) is 12.8 Å². The average Bonchev–Trinajstić information content (AvgIpc) is 3.09. The zero-order chi connectivity index (χ0) is 17.4.